The normalized spacial score (nSPS) is 16.1. The number of carbonyl (C=O) groups excluding carboxylic acids is 2. The van der Waals surface area contributed by atoms with Crippen LogP contribution in [0.4, 0.5) is 0 Å². The lowest BCUT2D eigenvalue weighted by molar-refractivity contribution is -0.120. The molecular weight excluding hydrogens is 453 g/mol. The van der Waals surface area contributed by atoms with Gasteiger partial charge in [-0.15, -0.1) is 0 Å². The zero-order valence-corrected chi connectivity index (χ0v) is 16.4. The Morgan fingerprint density at radius 1 is 1.21 bits per heavy atom. The molecule has 0 bridgehead atoms. The summed E-state index contributed by atoms with van der Waals surface area (Å²) in [4.78, 5) is 26.8. The van der Waals surface area contributed by atoms with Crippen LogP contribution in [-0.4, -0.2) is 21.0 Å². The molecule has 6 heteroatoms. The van der Waals surface area contributed by atoms with Crippen LogP contribution in [0.2, 0.25) is 0 Å². The number of hydrogen-bond donors (Lipinski definition) is 0. The first-order chi connectivity index (χ1) is 11.5. The van der Waals surface area contributed by atoms with Crippen molar-refractivity contribution in [3.8, 4) is 0 Å². The van der Waals surface area contributed by atoms with Crippen LogP contribution in [-0.2, 0) is 4.79 Å². The van der Waals surface area contributed by atoms with E-state index in [4.69, 9.17) is 12.2 Å². The lowest BCUT2D eigenvalue weighted by Crippen LogP contribution is -2.34. The maximum absolute atomic E-state index is 12.6. The summed E-state index contributed by atoms with van der Waals surface area (Å²) in [6.07, 6.45) is 1.76. The molecule has 3 rings (SSSR count). The molecule has 24 heavy (non-hydrogen) atoms. The van der Waals surface area contributed by atoms with Gasteiger partial charge in [0.05, 0.1) is 4.91 Å². The summed E-state index contributed by atoms with van der Waals surface area (Å²) in [7, 11) is 0. The highest BCUT2D eigenvalue weighted by atomic mass is 127. The number of imide groups is 1. The average molecular weight is 465 g/mol. The lowest BCUT2D eigenvalue weighted by atomic mass is 10.1. The maximum atomic E-state index is 12.6. The molecule has 0 saturated carbocycles. The van der Waals surface area contributed by atoms with E-state index in [2.05, 4.69) is 22.6 Å². The summed E-state index contributed by atoms with van der Waals surface area (Å²) >= 11 is 8.62. The highest BCUT2D eigenvalue weighted by molar-refractivity contribution is 14.1. The number of hydrogen-bond acceptors (Lipinski definition) is 4. The summed E-state index contributed by atoms with van der Waals surface area (Å²) in [6, 6.07) is 14.9. The standard InChI is InChI=1S/C18H12INO2S2/c1-11-3-2-4-13(9-11)16(21)20-17(22)15(24-18(20)23)10-12-5-7-14(19)8-6-12/h2-10H,1H3/b15-10+. The zero-order chi connectivity index (χ0) is 17.3. The average Bonchev–Trinajstić information content (AvgIpc) is 2.83. The van der Waals surface area contributed by atoms with Crippen LogP contribution in [0, 0.1) is 10.5 Å². The molecule has 0 atom stereocenters. The van der Waals surface area contributed by atoms with E-state index in [0.717, 1.165) is 31.4 Å². The molecule has 2 amide bonds. The highest BCUT2D eigenvalue weighted by Crippen LogP contribution is 2.33. The number of nitrogens with zero attached hydrogens (tertiary/aromatic N) is 1. The van der Waals surface area contributed by atoms with Crippen LogP contribution in [0.5, 0.6) is 0 Å². The number of thioether (sulfide) groups is 1. The lowest BCUT2D eigenvalue weighted by Gasteiger charge is -2.12. The van der Waals surface area contributed by atoms with Gasteiger partial charge in [0, 0.05) is 9.13 Å². The number of thiocarbonyl (C=S) groups is 1. The van der Waals surface area contributed by atoms with Gasteiger partial charge >= 0.3 is 0 Å². The summed E-state index contributed by atoms with van der Waals surface area (Å²) in [5.41, 5.74) is 2.32. The SMILES string of the molecule is Cc1cccc(C(=O)N2C(=O)/C(=C\c3ccc(I)cc3)SC2=S)c1. The molecule has 1 aliphatic rings. The summed E-state index contributed by atoms with van der Waals surface area (Å²) in [5.74, 6) is -0.748. The van der Waals surface area contributed by atoms with Crippen molar-refractivity contribution in [2.75, 3.05) is 0 Å². The zero-order valence-electron chi connectivity index (χ0n) is 12.7. The summed E-state index contributed by atoms with van der Waals surface area (Å²) < 4.78 is 1.38. The van der Waals surface area contributed by atoms with Crippen LogP contribution >= 0.6 is 46.6 Å². The second kappa shape index (κ2) is 7.16. The minimum Gasteiger partial charge on any atom is -0.268 e. The van der Waals surface area contributed by atoms with Crippen molar-refractivity contribution < 1.29 is 9.59 Å². The maximum Gasteiger partial charge on any atom is 0.273 e. The van der Waals surface area contributed by atoms with Gasteiger partial charge in [-0.1, -0.05) is 53.8 Å². The number of carbonyl (C=O) groups is 2. The molecule has 2 aromatic carbocycles. The van der Waals surface area contributed by atoms with E-state index in [1.54, 1.807) is 24.3 Å². The van der Waals surface area contributed by atoms with Gasteiger partial charge in [-0.2, -0.15) is 0 Å². The van der Waals surface area contributed by atoms with E-state index >= 15 is 0 Å². The first kappa shape index (κ1) is 17.3. The van der Waals surface area contributed by atoms with Crippen LogP contribution in [0.3, 0.4) is 0 Å². The molecule has 1 aliphatic heterocycles. The number of halogens is 1. The van der Waals surface area contributed by atoms with Gasteiger partial charge in [0.25, 0.3) is 11.8 Å². The topological polar surface area (TPSA) is 37.4 Å². The van der Waals surface area contributed by atoms with Gasteiger partial charge in [0.1, 0.15) is 0 Å². The molecule has 0 aromatic heterocycles. The molecule has 0 radical (unpaired) electrons. The molecule has 2 aromatic rings. The van der Waals surface area contributed by atoms with Crippen LogP contribution < -0.4 is 0 Å². The monoisotopic (exact) mass is 465 g/mol. The summed E-state index contributed by atoms with van der Waals surface area (Å²) in [6.45, 7) is 1.90. The van der Waals surface area contributed by atoms with Crippen LogP contribution in [0.25, 0.3) is 6.08 Å². The van der Waals surface area contributed by atoms with E-state index in [1.807, 2.05) is 37.3 Å². The molecule has 120 valence electrons. The third-order valence-corrected chi connectivity index (χ3v) is 5.45. The fourth-order valence-electron chi connectivity index (χ4n) is 2.26. The van der Waals surface area contributed by atoms with Crippen LogP contribution in [0.15, 0.2) is 53.4 Å². The number of amides is 2. The fraction of sp³-hybridized carbons (Fsp3) is 0.0556. The molecule has 1 heterocycles. The van der Waals surface area contributed by atoms with E-state index < -0.39 is 0 Å². The molecule has 1 saturated heterocycles. The van der Waals surface area contributed by atoms with Crippen molar-refractivity contribution in [2.45, 2.75) is 6.92 Å². The third kappa shape index (κ3) is 3.60. The Bertz CT molecular complexity index is 875. The second-order valence-corrected chi connectivity index (χ2v) is 8.16. The molecule has 1 fully saturated rings. The Kier molecular flexibility index (Phi) is 5.17. The Hall–Kier alpha value is -1.51. The van der Waals surface area contributed by atoms with Gasteiger partial charge in [-0.3, -0.25) is 9.59 Å². The van der Waals surface area contributed by atoms with E-state index in [-0.39, 0.29) is 16.1 Å². The highest BCUT2D eigenvalue weighted by Gasteiger charge is 2.37. The van der Waals surface area contributed by atoms with Crippen molar-refractivity contribution in [1.82, 2.24) is 4.90 Å². The van der Waals surface area contributed by atoms with E-state index in [9.17, 15) is 9.59 Å². The van der Waals surface area contributed by atoms with Gasteiger partial charge in [0.15, 0.2) is 4.32 Å². The summed E-state index contributed by atoms with van der Waals surface area (Å²) in [5, 5.41) is 0. The molecule has 0 unspecified atom stereocenters. The Morgan fingerprint density at radius 2 is 1.92 bits per heavy atom. The second-order valence-electron chi connectivity index (χ2n) is 5.24. The first-order valence-corrected chi connectivity index (χ1v) is 9.40. The molecular formula is C18H12INO2S2. The Labute approximate surface area is 163 Å². The van der Waals surface area contributed by atoms with Gasteiger partial charge in [-0.05, 0) is 65.4 Å². The minimum absolute atomic E-state index is 0.267. The van der Waals surface area contributed by atoms with Gasteiger partial charge < -0.3 is 0 Å². The fourth-order valence-corrected chi connectivity index (χ4v) is 3.87. The van der Waals surface area contributed by atoms with Gasteiger partial charge in [0.2, 0.25) is 0 Å². The third-order valence-electron chi connectivity index (χ3n) is 3.43. The molecule has 3 nitrogen and oxygen atoms in total. The number of benzene rings is 2. The smallest absolute Gasteiger partial charge is 0.268 e. The predicted molar refractivity (Wildman–Crippen MR) is 110 cm³/mol. The van der Waals surface area contributed by atoms with Crippen molar-refractivity contribution >= 4 is 68.8 Å². The minimum atomic E-state index is -0.382. The largest absolute Gasteiger partial charge is 0.273 e. The molecule has 0 spiro atoms. The molecule has 0 aliphatic carbocycles. The number of aryl methyl sites for hydroxylation is 1. The molecule has 0 N–H and O–H groups in total. The van der Waals surface area contributed by atoms with Crippen molar-refractivity contribution in [2.24, 2.45) is 0 Å². The number of rotatable bonds is 2. The first-order valence-electron chi connectivity index (χ1n) is 7.10. The predicted octanol–water partition coefficient (Wildman–Crippen LogP) is 4.64. The Morgan fingerprint density at radius 3 is 2.58 bits per heavy atom. The van der Waals surface area contributed by atoms with Crippen molar-refractivity contribution in [1.29, 1.82) is 0 Å². The van der Waals surface area contributed by atoms with Crippen LogP contribution in [0.1, 0.15) is 21.5 Å². The van der Waals surface area contributed by atoms with E-state index in [0.29, 0.717) is 10.5 Å². The Balaban J connectivity index is 1.89. The van der Waals surface area contributed by atoms with Crippen molar-refractivity contribution in [3.63, 3.8) is 0 Å². The van der Waals surface area contributed by atoms with Gasteiger partial charge in [-0.25, -0.2) is 4.90 Å². The quantitative estimate of drug-likeness (QED) is 0.280. The van der Waals surface area contributed by atoms with Crippen molar-refractivity contribution in [3.05, 3.63) is 73.7 Å². The van der Waals surface area contributed by atoms with E-state index in [1.165, 1.54) is 0 Å².